The molecule has 0 saturated heterocycles. The molecule has 0 saturated carbocycles. The van der Waals surface area contributed by atoms with Gasteiger partial charge in [-0.2, -0.15) is 0 Å². The van der Waals surface area contributed by atoms with Crippen molar-refractivity contribution in [2.45, 2.75) is 18.9 Å². The lowest BCUT2D eigenvalue weighted by atomic mass is 10.1. The highest BCUT2D eigenvalue weighted by Crippen LogP contribution is 2.19. The number of aliphatic hydroxyl groups excluding tert-OH is 1. The standard InChI is InChI=1S/C16H20N4O.2ClH/c21-15(12-4-2-1-3-5-12)10-18-16-13-6-8-17-9-7-14(13)19-11-20-16;;/h1-5,11,15,17,21H,6-10H2,(H,18,19,20);2*1H. The summed E-state index contributed by atoms with van der Waals surface area (Å²) in [5.41, 5.74) is 3.18. The predicted molar refractivity (Wildman–Crippen MR) is 96.7 cm³/mol. The largest absolute Gasteiger partial charge is 0.387 e. The molecule has 1 unspecified atom stereocenters. The molecule has 2 heterocycles. The van der Waals surface area contributed by atoms with Crippen LogP contribution in [-0.2, 0) is 12.8 Å². The van der Waals surface area contributed by atoms with Crippen molar-refractivity contribution >= 4 is 30.6 Å². The van der Waals surface area contributed by atoms with Gasteiger partial charge in [-0.1, -0.05) is 30.3 Å². The first-order chi connectivity index (χ1) is 10.3. The van der Waals surface area contributed by atoms with Gasteiger partial charge in [0, 0.05) is 25.1 Å². The highest BCUT2D eigenvalue weighted by atomic mass is 35.5. The summed E-state index contributed by atoms with van der Waals surface area (Å²) in [6, 6.07) is 9.66. The van der Waals surface area contributed by atoms with E-state index < -0.39 is 6.10 Å². The van der Waals surface area contributed by atoms with Crippen molar-refractivity contribution in [3.05, 3.63) is 53.5 Å². The lowest BCUT2D eigenvalue weighted by Gasteiger charge is -2.15. The first-order valence-corrected chi connectivity index (χ1v) is 7.35. The average molecular weight is 357 g/mol. The smallest absolute Gasteiger partial charge is 0.132 e. The van der Waals surface area contributed by atoms with Crippen LogP contribution in [0.5, 0.6) is 0 Å². The molecule has 1 aliphatic heterocycles. The maximum atomic E-state index is 10.2. The molecule has 1 aromatic carbocycles. The fraction of sp³-hybridized carbons (Fsp3) is 0.375. The van der Waals surface area contributed by atoms with Crippen LogP contribution in [0.1, 0.15) is 22.9 Å². The van der Waals surface area contributed by atoms with Crippen molar-refractivity contribution < 1.29 is 5.11 Å². The fourth-order valence-corrected chi connectivity index (χ4v) is 2.61. The Labute approximate surface area is 148 Å². The Morgan fingerprint density at radius 2 is 1.83 bits per heavy atom. The summed E-state index contributed by atoms with van der Waals surface area (Å²) < 4.78 is 0. The molecular formula is C16H22Cl2N4O. The Kier molecular flexibility index (Phi) is 8.26. The molecule has 126 valence electrons. The Hall–Kier alpha value is -1.40. The first kappa shape index (κ1) is 19.6. The molecule has 0 fully saturated rings. The number of rotatable bonds is 4. The zero-order valence-corrected chi connectivity index (χ0v) is 14.4. The van der Waals surface area contributed by atoms with Crippen molar-refractivity contribution in [2.75, 3.05) is 25.0 Å². The number of anilines is 1. The summed E-state index contributed by atoms with van der Waals surface area (Å²) in [5.74, 6) is 0.846. The summed E-state index contributed by atoms with van der Waals surface area (Å²) in [6.07, 6.45) is 2.90. The average Bonchev–Trinajstić information content (AvgIpc) is 2.79. The van der Waals surface area contributed by atoms with Crippen LogP contribution in [0.15, 0.2) is 36.7 Å². The number of aromatic nitrogens is 2. The van der Waals surface area contributed by atoms with E-state index in [1.807, 2.05) is 30.3 Å². The van der Waals surface area contributed by atoms with Crippen LogP contribution in [-0.4, -0.2) is 34.7 Å². The summed E-state index contributed by atoms with van der Waals surface area (Å²) in [4.78, 5) is 8.71. The van der Waals surface area contributed by atoms with Gasteiger partial charge in [-0.15, -0.1) is 24.8 Å². The van der Waals surface area contributed by atoms with Crippen LogP contribution in [0.3, 0.4) is 0 Å². The van der Waals surface area contributed by atoms with Gasteiger partial charge < -0.3 is 15.7 Å². The maximum absolute atomic E-state index is 10.2. The summed E-state index contributed by atoms with van der Waals surface area (Å²) in [5, 5.41) is 16.9. The molecule has 5 nitrogen and oxygen atoms in total. The third-order valence-corrected chi connectivity index (χ3v) is 3.77. The molecule has 0 amide bonds. The van der Waals surface area contributed by atoms with E-state index in [0.717, 1.165) is 43.0 Å². The van der Waals surface area contributed by atoms with Crippen LogP contribution >= 0.6 is 24.8 Å². The van der Waals surface area contributed by atoms with Crippen molar-refractivity contribution in [3.8, 4) is 0 Å². The molecule has 2 aromatic rings. The highest BCUT2D eigenvalue weighted by molar-refractivity contribution is 5.85. The zero-order valence-electron chi connectivity index (χ0n) is 12.7. The van der Waals surface area contributed by atoms with Gasteiger partial charge in [0.15, 0.2) is 0 Å². The van der Waals surface area contributed by atoms with Crippen LogP contribution < -0.4 is 10.6 Å². The van der Waals surface area contributed by atoms with E-state index in [1.165, 1.54) is 5.56 Å². The van der Waals surface area contributed by atoms with E-state index in [1.54, 1.807) is 6.33 Å². The van der Waals surface area contributed by atoms with Gasteiger partial charge in [-0.25, -0.2) is 9.97 Å². The molecule has 1 aromatic heterocycles. The monoisotopic (exact) mass is 356 g/mol. The number of aliphatic hydroxyl groups is 1. The quantitative estimate of drug-likeness (QED) is 0.782. The second-order valence-corrected chi connectivity index (χ2v) is 5.20. The van der Waals surface area contributed by atoms with E-state index >= 15 is 0 Å². The van der Waals surface area contributed by atoms with E-state index in [-0.39, 0.29) is 24.8 Å². The lowest BCUT2D eigenvalue weighted by Crippen LogP contribution is -2.17. The minimum atomic E-state index is -0.541. The number of benzene rings is 1. The second-order valence-electron chi connectivity index (χ2n) is 5.20. The first-order valence-electron chi connectivity index (χ1n) is 7.35. The van der Waals surface area contributed by atoms with Crippen molar-refractivity contribution in [1.82, 2.24) is 15.3 Å². The van der Waals surface area contributed by atoms with Crippen molar-refractivity contribution in [3.63, 3.8) is 0 Å². The van der Waals surface area contributed by atoms with Gasteiger partial charge >= 0.3 is 0 Å². The number of fused-ring (bicyclic) bond motifs is 1. The SMILES string of the molecule is Cl.Cl.OC(CNc1ncnc2c1CCNCC2)c1ccccc1. The number of halogens is 2. The minimum absolute atomic E-state index is 0. The molecule has 0 spiro atoms. The van der Waals surface area contributed by atoms with Crippen LogP contribution in [0, 0.1) is 0 Å². The Morgan fingerprint density at radius 3 is 2.61 bits per heavy atom. The van der Waals surface area contributed by atoms with Crippen molar-refractivity contribution in [1.29, 1.82) is 0 Å². The van der Waals surface area contributed by atoms with Gasteiger partial charge in [0.2, 0.25) is 0 Å². The number of nitrogens with zero attached hydrogens (tertiary/aromatic N) is 2. The third-order valence-electron chi connectivity index (χ3n) is 3.77. The summed E-state index contributed by atoms with van der Waals surface area (Å²) >= 11 is 0. The molecule has 0 radical (unpaired) electrons. The van der Waals surface area contributed by atoms with E-state index in [0.29, 0.717) is 6.54 Å². The number of nitrogens with one attached hydrogen (secondary N) is 2. The molecule has 3 N–H and O–H groups in total. The van der Waals surface area contributed by atoms with E-state index in [2.05, 4.69) is 20.6 Å². The van der Waals surface area contributed by atoms with Gasteiger partial charge in [-0.05, 0) is 18.5 Å². The van der Waals surface area contributed by atoms with Crippen molar-refractivity contribution in [2.24, 2.45) is 0 Å². The summed E-state index contributed by atoms with van der Waals surface area (Å²) in [6.45, 7) is 2.34. The highest BCUT2D eigenvalue weighted by Gasteiger charge is 2.15. The summed E-state index contributed by atoms with van der Waals surface area (Å²) in [7, 11) is 0. The topological polar surface area (TPSA) is 70.1 Å². The normalized spacial score (nSPS) is 14.5. The van der Waals surface area contributed by atoms with E-state index in [4.69, 9.17) is 0 Å². The molecule has 7 heteroatoms. The van der Waals surface area contributed by atoms with Gasteiger partial charge in [-0.3, -0.25) is 0 Å². The van der Waals surface area contributed by atoms with Gasteiger partial charge in [0.1, 0.15) is 12.1 Å². The van der Waals surface area contributed by atoms with Crippen LogP contribution in [0.4, 0.5) is 5.82 Å². The minimum Gasteiger partial charge on any atom is -0.387 e. The Bertz CT molecular complexity index is 598. The Balaban J connectivity index is 0.00000132. The van der Waals surface area contributed by atoms with Gasteiger partial charge in [0.25, 0.3) is 0 Å². The second kappa shape index (κ2) is 9.67. The number of hydrogen-bond donors (Lipinski definition) is 3. The molecular weight excluding hydrogens is 335 g/mol. The fourth-order valence-electron chi connectivity index (χ4n) is 2.61. The van der Waals surface area contributed by atoms with Crippen LogP contribution in [0.2, 0.25) is 0 Å². The predicted octanol–water partition coefficient (Wildman–Crippen LogP) is 2.15. The maximum Gasteiger partial charge on any atom is 0.132 e. The molecule has 1 aliphatic rings. The lowest BCUT2D eigenvalue weighted by molar-refractivity contribution is 0.191. The molecule has 1 atom stereocenters. The Morgan fingerprint density at radius 1 is 1.09 bits per heavy atom. The third kappa shape index (κ3) is 5.04. The molecule has 0 aliphatic carbocycles. The van der Waals surface area contributed by atoms with E-state index in [9.17, 15) is 5.11 Å². The molecule has 0 bridgehead atoms. The molecule has 3 rings (SSSR count). The van der Waals surface area contributed by atoms with Gasteiger partial charge in [0.05, 0.1) is 11.8 Å². The molecule has 23 heavy (non-hydrogen) atoms. The number of hydrogen-bond acceptors (Lipinski definition) is 5. The zero-order chi connectivity index (χ0) is 14.5. The van der Waals surface area contributed by atoms with Crippen LogP contribution in [0.25, 0.3) is 0 Å².